The van der Waals surface area contributed by atoms with Gasteiger partial charge in [0.15, 0.2) is 15.8 Å². The molecule has 0 unspecified atom stereocenters. The molecule has 0 saturated heterocycles. The van der Waals surface area contributed by atoms with Crippen molar-refractivity contribution >= 4 is 15.8 Å². The molecule has 0 aliphatic heterocycles. The zero-order valence-corrected chi connectivity index (χ0v) is 15.8. The number of guanidine groups is 1. The van der Waals surface area contributed by atoms with E-state index in [1.165, 1.54) is 0 Å². The third kappa shape index (κ3) is 7.21. The van der Waals surface area contributed by atoms with E-state index in [0.717, 1.165) is 5.75 Å². The fraction of sp³-hybridized carbons (Fsp3) is 0.588. The van der Waals surface area contributed by atoms with Gasteiger partial charge in [-0.1, -0.05) is 18.2 Å². The van der Waals surface area contributed by atoms with Crippen LogP contribution < -0.4 is 15.4 Å². The van der Waals surface area contributed by atoms with Gasteiger partial charge in [-0.05, 0) is 39.8 Å². The SMILES string of the molecule is CCNC(=NCCS(=O)(=O)C(C)(C)C)NCCOc1ccccc1. The van der Waals surface area contributed by atoms with Crippen molar-refractivity contribution in [2.45, 2.75) is 32.4 Å². The van der Waals surface area contributed by atoms with Gasteiger partial charge in [0.2, 0.25) is 0 Å². The molecular weight excluding hydrogens is 326 g/mol. The molecule has 0 heterocycles. The highest BCUT2D eigenvalue weighted by Crippen LogP contribution is 2.15. The number of hydrogen-bond donors (Lipinski definition) is 2. The van der Waals surface area contributed by atoms with Crippen molar-refractivity contribution < 1.29 is 13.2 Å². The molecule has 0 aromatic heterocycles. The highest BCUT2D eigenvalue weighted by molar-refractivity contribution is 7.92. The van der Waals surface area contributed by atoms with E-state index >= 15 is 0 Å². The molecule has 0 fully saturated rings. The van der Waals surface area contributed by atoms with E-state index in [0.29, 0.717) is 25.7 Å². The van der Waals surface area contributed by atoms with Gasteiger partial charge in [0.25, 0.3) is 0 Å². The van der Waals surface area contributed by atoms with Crippen molar-refractivity contribution in [1.29, 1.82) is 0 Å². The minimum atomic E-state index is -3.16. The molecule has 0 aliphatic rings. The van der Waals surface area contributed by atoms with Crippen LogP contribution in [0.4, 0.5) is 0 Å². The smallest absolute Gasteiger partial charge is 0.191 e. The number of benzene rings is 1. The molecule has 24 heavy (non-hydrogen) atoms. The fourth-order valence-electron chi connectivity index (χ4n) is 1.78. The molecule has 136 valence electrons. The number of nitrogens with zero attached hydrogens (tertiary/aromatic N) is 1. The van der Waals surface area contributed by atoms with Crippen LogP contribution in [0.25, 0.3) is 0 Å². The fourth-order valence-corrected chi connectivity index (χ4v) is 2.72. The van der Waals surface area contributed by atoms with Gasteiger partial charge >= 0.3 is 0 Å². The molecule has 0 aliphatic carbocycles. The van der Waals surface area contributed by atoms with Gasteiger partial charge in [0.05, 0.1) is 23.6 Å². The highest BCUT2D eigenvalue weighted by Gasteiger charge is 2.28. The van der Waals surface area contributed by atoms with Gasteiger partial charge in [0.1, 0.15) is 12.4 Å². The van der Waals surface area contributed by atoms with Crippen LogP contribution in [0, 0.1) is 0 Å². The summed E-state index contributed by atoms with van der Waals surface area (Å²) in [5, 5.41) is 6.23. The van der Waals surface area contributed by atoms with E-state index in [1.54, 1.807) is 20.8 Å². The zero-order valence-electron chi connectivity index (χ0n) is 15.0. The van der Waals surface area contributed by atoms with E-state index < -0.39 is 14.6 Å². The molecular formula is C17H29N3O3S. The molecule has 1 aromatic carbocycles. The monoisotopic (exact) mass is 355 g/mol. The van der Waals surface area contributed by atoms with Crippen LogP contribution in [-0.2, 0) is 9.84 Å². The standard InChI is InChI=1S/C17H29N3O3S/c1-5-18-16(20-12-14-24(21,22)17(2,3)4)19-11-13-23-15-9-7-6-8-10-15/h6-10H,5,11-14H2,1-4H3,(H2,18,19,20). The Hall–Kier alpha value is -1.76. The number of hydrogen-bond acceptors (Lipinski definition) is 4. The van der Waals surface area contributed by atoms with Gasteiger partial charge in [-0.2, -0.15) is 0 Å². The lowest BCUT2D eigenvalue weighted by molar-refractivity contribution is 0.322. The predicted octanol–water partition coefficient (Wildman–Crippen LogP) is 1.83. The van der Waals surface area contributed by atoms with Crippen molar-refractivity contribution in [3.8, 4) is 5.75 Å². The largest absolute Gasteiger partial charge is 0.492 e. The summed E-state index contributed by atoms with van der Waals surface area (Å²) in [7, 11) is -3.16. The van der Waals surface area contributed by atoms with Crippen LogP contribution >= 0.6 is 0 Å². The summed E-state index contributed by atoms with van der Waals surface area (Å²) in [6.45, 7) is 9.08. The Kier molecular flexibility index (Phi) is 8.04. The molecule has 0 atom stereocenters. The Morgan fingerprint density at radius 3 is 2.42 bits per heavy atom. The summed E-state index contributed by atoms with van der Waals surface area (Å²) in [6, 6.07) is 9.58. The third-order valence-corrected chi connectivity index (χ3v) is 5.90. The molecule has 6 nitrogen and oxygen atoms in total. The zero-order chi connectivity index (χ0) is 18.1. The Balaban J connectivity index is 2.42. The quantitative estimate of drug-likeness (QED) is 0.422. The lowest BCUT2D eigenvalue weighted by Gasteiger charge is -2.18. The normalized spacial score (nSPS) is 12.8. The second kappa shape index (κ2) is 9.52. The topological polar surface area (TPSA) is 79.8 Å². The number of rotatable bonds is 8. The number of nitrogens with one attached hydrogen (secondary N) is 2. The second-order valence-electron chi connectivity index (χ2n) is 6.28. The first-order chi connectivity index (χ1) is 11.3. The minimum absolute atomic E-state index is 0.0353. The van der Waals surface area contributed by atoms with Crippen LogP contribution in [0.15, 0.2) is 35.3 Å². The van der Waals surface area contributed by atoms with Gasteiger partial charge in [0, 0.05) is 6.54 Å². The first-order valence-corrected chi connectivity index (χ1v) is 9.84. The summed E-state index contributed by atoms with van der Waals surface area (Å²) in [4.78, 5) is 4.32. The maximum atomic E-state index is 12.1. The van der Waals surface area contributed by atoms with Crippen LogP contribution in [-0.4, -0.2) is 51.1 Å². The Bertz CT molecular complexity index is 608. The highest BCUT2D eigenvalue weighted by atomic mass is 32.2. The summed E-state index contributed by atoms with van der Waals surface area (Å²) < 4.78 is 29.0. The molecule has 1 rings (SSSR count). The first kappa shape index (κ1) is 20.3. The van der Waals surface area contributed by atoms with Crippen LogP contribution in [0.5, 0.6) is 5.75 Å². The molecule has 7 heteroatoms. The molecule has 0 amide bonds. The lowest BCUT2D eigenvalue weighted by atomic mass is 10.3. The maximum Gasteiger partial charge on any atom is 0.191 e. The van der Waals surface area contributed by atoms with Crippen molar-refractivity contribution in [1.82, 2.24) is 10.6 Å². The van der Waals surface area contributed by atoms with Crippen LogP contribution in [0.2, 0.25) is 0 Å². The number of aliphatic imine (C=N–C) groups is 1. The second-order valence-corrected chi connectivity index (χ2v) is 9.14. The van der Waals surface area contributed by atoms with E-state index in [2.05, 4.69) is 15.6 Å². The van der Waals surface area contributed by atoms with Crippen molar-refractivity contribution in [2.24, 2.45) is 4.99 Å². The summed E-state index contributed by atoms with van der Waals surface area (Å²) in [5.74, 6) is 1.45. The molecule has 2 N–H and O–H groups in total. The molecule has 1 aromatic rings. The van der Waals surface area contributed by atoms with Gasteiger partial charge < -0.3 is 15.4 Å². The summed E-state index contributed by atoms with van der Waals surface area (Å²) in [6.07, 6.45) is 0. The number of sulfone groups is 1. The minimum Gasteiger partial charge on any atom is -0.492 e. The van der Waals surface area contributed by atoms with E-state index in [-0.39, 0.29) is 12.3 Å². The van der Waals surface area contributed by atoms with Gasteiger partial charge in [-0.25, -0.2) is 8.42 Å². The average Bonchev–Trinajstić information content (AvgIpc) is 2.51. The molecule has 0 radical (unpaired) electrons. The number of para-hydroxylation sites is 1. The molecule has 0 spiro atoms. The van der Waals surface area contributed by atoms with Crippen LogP contribution in [0.1, 0.15) is 27.7 Å². The summed E-state index contributed by atoms with van der Waals surface area (Å²) >= 11 is 0. The van der Waals surface area contributed by atoms with Crippen molar-refractivity contribution in [3.05, 3.63) is 30.3 Å². The van der Waals surface area contributed by atoms with Crippen molar-refractivity contribution in [3.63, 3.8) is 0 Å². The Morgan fingerprint density at radius 1 is 1.17 bits per heavy atom. The maximum absolute atomic E-state index is 12.1. The van der Waals surface area contributed by atoms with E-state index in [4.69, 9.17) is 4.74 Å². The first-order valence-electron chi connectivity index (χ1n) is 8.18. The molecule has 0 bridgehead atoms. The van der Waals surface area contributed by atoms with Gasteiger partial charge in [-0.15, -0.1) is 0 Å². The van der Waals surface area contributed by atoms with E-state index in [1.807, 2.05) is 37.3 Å². The van der Waals surface area contributed by atoms with Gasteiger partial charge in [-0.3, -0.25) is 4.99 Å². The predicted molar refractivity (Wildman–Crippen MR) is 99.5 cm³/mol. The Labute approximate surface area is 145 Å². The number of ether oxygens (including phenoxy) is 1. The third-order valence-electron chi connectivity index (χ3n) is 3.31. The molecule has 0 saturated carbocycles. The van der Waals surface area contributed by atoms with E-state index in [9.17, 15) is 8.42 Å². The van der Waals surface area contributed by atoms with Crippen LogP contribution in [0.3, 0.4) is 0 Å². The summed E-state index contributed by atoms with van der Waals surface area (Å²) in [5.41, 5.74) is 0. The average molecular weight is 356 g/mol. The Morgan fingerprint density at radius 2 is 1.83 bits per heavy atom. The van der Waals surface area contributed by atoms with Crippen molar-refractivity contribution in [2.75, 3.05) is 32.0 Å². The lowest BCUT2D eigenvalue weighted by Crippen LogP contribution is -2.40.